The van der Waals surface area contributed by atoms with E-state index in [1.807, 2.05) is 12.2 Å². The first kappa shape index (κ1) is 3.93. The minimum Gasteiger partial charge on any atom is -0.398 e. The molecular formula is C4H4BrN. The van der Waals surface area contributed by atoms with Crippen molar-refractivity contribution in [1.29, 1.82) is 0 Å². The van der Waals surface area contributed by atoms with Crippen LogP contribution in [-0.4, -0.2) is 0 Å². The minimum atomic E-state index is 0.843. The standard InChI is InChI=1S/C4H4BrN/c5-3-1-2-4(3)6/h1-2H,6H2. The first-order valence-corrected chi connectivity index (χ1v) is 2.43. The van der Waals surface area contributed by atoms with E-state index in [4.69, 9.17) is 5.73 Å². The summed E-state index contributed by atoms with van der Waals surface area (Å²) in [6.07, 6.45) is 3.76. The van der Waals surface area contributed by atoms with Crippen LogP contribution in [0.15, 0.2) is 22.3 Å². The predicted molar refractivity (Wildman–Crippen MR) is 29.3 cm³/mol. The number of nitrogens with two attached hydrogens (primary N) is 1. The van der Waals surface area contributed by atoms with Gasteiger partial charge in [0.2, 0.25) is 0 Å². The van der Waals surface area contributed by atoms with Crippen LogP contribution in [0.2, 0.25) is 0 Å². The average molecular weight is 146 g/mol. The molecule has 0 spiro atoms. The number of hydrogen-bond acceptors (Lipinski definition) is 1. The Balaban J connectivity index is 2.63. The molecule has 32 valence electrons. The number of allylic oxidation sites excluding steroid dienone is 3. The van der Waals surface area contributed by atoms with Gasteiger partial charge in [0.15, 0.2) is 0 Å². The number of hydrogen-bond donors (Lipinski definition) is 1. The molecule has 0 radical (unpaired) electrons. The Bertz CT molecular complexity index is 108. The van der Waals surface area contributed by atoms with Crippen molar-refractivity contribution in [1.82, 2.24) is 0 Å². The molecule has 0 atom stereocenters. The zero-order valence-electron chi connectivity index (χ0n) is 3.11. The van der Waals surface area contributed by atoms with Gasteiger partial charge in [0.25, 0.3) is 0 Å². The van der Waals surface area contributed by atoms with Gasteiger partial charge in [0, 0.05) is 10.2 Å². The second kappa shape index (κ2) is 1.12. The summed E-state index contributed by atoms with van der Waals surface area (Å²) in [6.45, 7) is 0. The van der Waals surface area contributed by atoms with Gasteiger partial charge in [-0.05, 0) is 28.1 Å². The van der Waals surface area contributed by atoms with Crippen molar-refractivity contribution >= 4 is 15.9 Å². The average Bonchev–Trinajstić information content (AvgIpc) is 1.61. The number of rotatable bonds is 0. The molecule has 1 aliphatic carbocycles. The van der Waals surface area contributed by atoms with Crippen molar-refractivity contribution in [2.24, 2.45) is 5.73 Å². The lowest BCUT2D eigenvalue weighted by Crippen LogP contribution is -2.00. The van der Waals surface area contributed by atoms with Crippen molar-refractivity contribution in [2.45, 2.75) is 0 Å². The molecule has 6 heavy (non-hydrogen) atoms. The molecule has 1 nitrogen and oxygen atoms in total. The van der Waals surface area contributed by atoms with Crippen LogP contribution in [0.4, 0.5) is 0 Å². The Hall–Kier alpha value is -0.240. The fourth-order valence-corrected chi connectivity index (χ4v) is 0.507. The molecule has 0 aromatic carbocycles. The van der Waals surface area contributed by atoms with Crippen LogP contribution in [0.3, 0.4) is 0 Å². The van der Waals surface area contributed by atoms with Crippen molar-refractivity contribution < 1.29 is 0 Å². The second-order valence-electron chi connectivity index (χ2n) is 1.14. The highest BCUT2D eigenvalue weighted by Crippen LogP contribution is 2.19. The molecule has 2 heteroatoms. The van der Waals surface area contributed by atoms with Gasteiger partial charge in [-0.15, -0.1) is 0 Å². The second-order valence-corrected chi connectivity index (χ2v) is 1.99. The summed E-state index contributed by atoms with van der Waals surface area (Å²) in [5, 5.41) is 0. The maximum atomic E-state index is 5.27. The van der Waals surface area contributed by atoms with E-state index in [0.29, 0.717) is 0 Å². The van der Waals surface area contributed by atoms with Gasteiger partial charge in [0.1, 0.15) is 0 Å². The molecule has 0 aromatic rings. The first-order valence-electron chi connectivity index (χ1n) is 1.64. The Kier molecular flexibility index (Phi) is 0.733. The van der Waals surface area contributed by atoms with Gasteiger partial charge in [0.05, 0.1) is 0 Å². The Morgan fingerprint density at radius 3 is 2.00 bits per heavy atom. The highest BCUT2D eigenvalue weighted by Gasteiger charge is 1.99. The minimum absolute atomic E-state index is 0.843. The van der Waals surface area contributed by atoms with Crippen LogP contribution < -0.4 is 5.73 Å². The summed E-state index contributed by atoms with van der Waals surface area (Å²) in [5.74, 6) is 0. The summed E-state index contributed by atoms with van der Waals surface area (Å²) in [4.78, 5) is 0. The molecule has 1 rings (SSSR count). The van der Waals surface area contributed by atoms with E-state index in [9.17, 15) is 0 Å². The normalized spacial score (nSPS) is 18.2. The quantitative estimate of drug-likeness (QED) is 0.544. The lowest BCUT2D eigenvalue weighted by molar-refractivity contribution is 1.36. The van der Waals surface area contributed by atoms with Gasteiger partial charge in [-0.2, -0.15) is 0 Å². The Morgan fingerprint density at radius 2 is 2.00 bits per heavy atom. The third kappa shape index (κ3) is 0.373. The molecule has 2 N–H and O–H groups in total. The van der Waals surface area contributed by atoms with E-state index in [1.165, 1.54) is 0 Å². The van der Waals surface area contributed by atoms with Crippen molar-refractivity contribution in [3.8, 4) is 0 Å². The van der Waals surface area contributed by atoms with E-state index >= 15 is 0 Å². The maximum absolute atomic E-state index is 5.27. The predicted octanol–water partition coefficient (Wildman–Crippen LogP) is 1.12. The lowest BCUT2D eigenvalue weighted by Gasteiger charge is -2.02. The fourth-order valence-electron chi connectivity index (χ4n) is 0.243. The van der Waals surface area contributed by atoms with E-state index < -0.39 is 0 Å². The fraction of sp³-hybridized carbons (Fsp3) is 0. The molecule has 0 amide bonds. The summed E-state index contributed by atoms with van der Waals surface area (Å²) in [7, 11) is 0. The molecule has 0 aliphatic heterocycles. The van der Waals surface area contributed by atoms with E-state index in [-0.39, 0.29) is 0 Å². The molecule has 0 heterocycles. The molecule has 0 unspecified atom stereocenters. The van der Waals surface area contributed by atoms with Crippen molar-refractivity contribution in [3.63, 3.8) is 0 Å². The molecule has 0 saturated heterocycles. The Morgan fingerprint density at radius 1 is 1.50 bits per heavy atom. The number of halogens is 1. The monoisotopic (exact) mass is 145 g/mol. The van der Waals surface area contributed by atoms with Crippen LogP contribution in [0.5, 0.6) is 0 Å². The van der Waals surface area contributed by atoms with Crippen LogP contribution in [-0.2, 0) is 0 Å². The summed E-state index contributed by atoms with van der Waals surface area (Å²) >= 11 is 3.19. The van der Waals surface area contributed by atoms with Crippen LogP contribution in [0.25, 0.3) is 0 Å². The summed E-state index contributed by atoms with van der Waals surface area (Å²) in [5.41, 5.74) is 6.11. The summed E-state index contributed by atoms with van der Waals surface area (Å²) in [6, 6.07) is 0. The topological polar surface area (TPSA) is 26.0 Å². The van der Waals surface area contributed by atoms with Crippen LogP contribution >= 0.6 is 15.9 Å². The zero-order valence-corrected chi connectivity index (χ0v) is 4.70. The molecule has 0 saturated carbocycles. The van der Waals surface area contributed by atoms with E-state index in [2.05, 4.69) is 15.9 Å². The van der Waals surface area contributed by atoms with Crippen molar-refractivity contribution in [3.05, 3.63) is 22.3 Å². The zero-order chi connectivity index (χ0) is 4.57. The van der Waals surface area contributed by atoms with E-state index in [0.717, 1.165) is 10.2 Å². The smallest absolute Gasteiger partial charge is 0.0458 e. The molecular weight excluding hydrogens is 142 g/mol. The maximum Gasteiger partial charge on any atom is 0.0458 e. The van der Waals surface area contributed by atoms with Crippen LogP contribution in [0.1, 0.15) is 0 Å². The van der Waals surface area contributed by atoms with Gasteiger partial charge in [-0.3, -0.25) is 0 Å². The molecule has 0 aromatic heterocycles. The van der Waals surface area contributed by atoms with Crippen molar-refractivity contribution in [2.75, 3.05) is 0 Å². The third-order valence-corrected chi connectivity index (χ3v) is 1.41. The third-order valence-electron chi connectivity index (χ3n) is 0.685. The highest BCUT2D eigenvalue weighted by molar-refractivity contribution is 9.12. The Labute approximate surface area is 44.7 Å². The van der Waals surface area contributed by atoms with Gasteiger partial charge in [-0.1, -0.05) is 0 Å². The lowest BCUT2D eigenvalue weighted by atomic mass is 10.2. The SMILES string of the molecule is NC1=CC=C1Br. The molecule has 0 fully saturated rings. The largest absolute Gasteiger partial charge is 0.398 e. The van der Waals surface area contributed by atoms with E-state index in [1.54, 1.807) is 0 Å². The molecule has 1 aliphatic rings. The first-order chi connectivity index (χ1) is 2.80. The highest BCUT2D eigenvalue weighted by atomic mass is 79.9. The summed E-state index contributed by atoms with van der Waals surface area (Å²) < 4.78 is 1.02. The van der Waals surface area contributed by atoms with Gasteiger partial charge >= 0.3 is 0 Å². The van der Waals surface area contributed by atoms with Gasteiger partial charge in [-0.25, -0.2) is 0 Å². The molecule has 0 bridgehead atoms. The van der Waals surface area contributed by atoms with Crippen LogP contribution in [0, 0.1) is 0 Å². The van der Waals surface area contributed by atoms with Gasteiger partial charge < -0.3 is 5.73 Å².